The highest BCUT2D eigenvalue weighted by Crippen LogP contribution is 2.08. The van der Waals surface area contributed by atoms with Gasteiger partial charge in [-0.1, -0.05) is 0 Å². The normalized spacial score (nSPS) is 28.5. The van der Waals surface area contributed by atoms with Gasteiger partial charge in [0.1, 0.15) is 5.84 Å². The highest BCUT2D eigenvalue weighted by atomic mass is 15.5. The Kier molecular flexibility index (Phi) is 1.12. The second-order valence-electron chi connectivity index (χ2n) is 2.22. The Balaban J connectivity index is 2.56. The second kappa shape index (κ2) is 1.65. The molecule has 1 atom stereocenters. The van der Waals surface area contributed by atoms with Gasteiger partial charge < -0.3 is 5.73 Å². The smallest absolute Gasteiger partial charge is 0.121 e. The Morgan fingerprint density at radius 3 is 2.62 bits per heavy atom. The van der Waals surface area contributed by atoms with Gasteiger partial charge in [0.15, 0.2) is 0 Å². The Hall–Kier alpha value is -0.730. The van der Waals surface area contributed by atoms with Crippen LogP contribution in [-0.4, -0.2) is 23.9 Å². The maximum Gasteiger partial charge on any atom is 0.121 e. The molecule has 0 amide bonds. The van der Waals surface area contributed by atoms with Gasteiger partial charge in [0, 0.05) is 13.5 Å². The van der Waals surface area contributed by atoms with E-state index >= 15 is 0 Å². The molecule has 0 saturated heterocycles. The number of hydrogen-bond acceptors (Lipinski definition) is 3. The zero-order chi connectivity index (χ0) is 6.15. The Labute approximate surface area is 49.2 Å². The highest BCUT2D eigenvalue weighted by molar-refractivity contribution is 5.81. The third kappa shape index (κ3) is 0.757. The lowest BCUT2D eigenvalue weighted by Gasteiger charge is -2.11. The summed E-state index contributed by atoms with van der Waals surface area (Å²) in [6.07, 6.45) is 0.913. The van der Waals surface area contributed by atoms with Crippen LogP contribution in [0.25, 0.3) is 0 Å². The first-order valence-corrected chi connectivity index (χ1v) is 2.76. The first kappa shape index (κ1) is 5.41. The van der Waals surface area contributed by atoms with Crippen LogP contribution in [0.15, 0.2) is 5.10 Å². The topological polar surface area (TPSA) is 41.6 Å². The number of hydrogen-bond donors (Lipinski definition) is 1. The van der Waals surface area contributed by atoms with Crippen LogP contribution in [0.2, 0.25) is 0 Å². The van der Waals surface area contributed by atoms with Gasteiger partial charge in [0.05, 0.1) is 6.04 Å². The Bertz CT molecular complexity index is 119. The summed E-state index contributed by atoms with van der Waals surface area (Å²) in [6, 6.07) is 0.495. The van der Waals surface area contributed by atoms with E-state index in [4.69, 9.17) is 5.73 Å². The fraction of sp³-hybridized carbons (Fsp3) is 0.800. The Morgan fingerprint density at radius 1 is 1.88 bits per heavy atom. The summed E-state index contributed by atoms with van der Waals surface area (Å²) in [7, 11) is 1.94. The molecule has 0 fully saturated rings. The lowest BCUT2D eigenvalue weighted by Crippen LogP contribution is -2.18. The number of nitrogens with two attached hydrogens (primary N) is 1. The second-order valence-corrected chi connectivity index (χ2v) is 2.22. The standard InChI is InChI=1S/C5H11N3/c1-4-3-5(6)7-8(4)2/h4H,3H2,1-2H3,(H2,6,7)/t4-/m0/s1. The zero-order valence-electron chi connectivity index (χ0n) is 5.26. The molecule has 0 aromatic heterocycles. The minimum Gasteiger partial charge on any atom is -0.386 e. The van der Waals surface area contributed by atoms with Crippen molar-refractivity contribution >= 4 is 5.84 Å². The first-order chi connectivity index (χ1) is 3.70. The van der Waals surface area contributed by atoms with Gasteiger partial charge in [-0.15, -0.1) is 0 Å². The average Bonchev–Trinajstić information content (AvgIpc) is 1.85. The van der Waals surface area contributed by atoms with Gasteiger partial charge >= 0.3 is 0 Å². The van der Waals surface area contributed by atoms with Gasteiger partial charge in [0.2, 0.25) is 0 Å². The van der Waals surface area contributed by atoms with Gasteiger partial charge in [-0.2, -0.15) is 5.10 Å². The van der Waals surface area contributed by atoms with E-state index in [0.29, 0.717) is 6.04 Å². The van der Waals surface area contributed by atoms with Gasteiger partial charge in [0.25, 0.3) is 0 Å². The molecular weight excluding hydrogens is 102 g/mol. The van der Waals surface area contributed by atoms with Crippen LogP contribution in [0.4, 0.5) is 0 Å². The van der Waals surface area contributed by atoms with Crippen molar-refractivity contribution in [2.24, 2.45) is 10.8 Å². The molecule has 0 aliphatic carbocycles. The molecule has 3 heteroatoms. The van der Waals surface area contributed by atoms with E-state index in [1.807, 2.05) is 12.1 Å². The van der Waals surface area contributed by atoms with Crippen molar-refractivity contribution in [2.75, 3.05) is 7.05 Å². The number of rotatable bonds is 0. The van der Waals surface area contributed by atoms with Crippen molar-refractivity contribution in [3.8, 4) is 0 Å². The number of hydrazone groups is 1. The molecule has 0 unspecified atom stereocenters. The molecular formula is C5H11N3. The monoisotopic (exact) mass is 113 g/mol. The summed E-state index contributed by atoms with van der Waals surface area (Å²) < 4.78 is 0. The quantitative estimate of drug-likeness (QED) is 0.479. The minimum absolute atomic E-state index is 0.495. The van der Waals surface area contributed by atoms with Crippen molar-refractivity contribution in [3.05, 3.63) is 0 Å². The van der Waals surface area contributed by atoms with E-state index in [1.54, 1.807) is 0 Å². The first-order valence-electron chi connectivity index (χ1n) is 2.76. The summed E-state index contributed by atoms with van der Waals surface area (Å²) in [5.41, 5.74) is 5.42. The summed E-state index contributed by atoms with van der Waals surface area (Å²) >= 11 is 0. The van der Waals surface area contributed by atoms with Gasteiger partial charge in [-0.3, -0.25) is 5.01 Å². The zero-order valence-corrected chi connectivity index (χ0v) is 5.26. The molecule has 46 valence electrons. The molecule has 1 aliphatic heterocycles. The molecule has 1 aliphatic rings. The lowest BCUT2D eigenvalue weighted by molar-refractivity contribution is 0.303. The molecule has 0 saturated carbocycles. The summed E-state index contributed by atoms with van der Waals surface area (Å²) in [6.45, 7) is 2.10. The maximum atomic E-state index is 5.42. The van der Waals surface area contributed by atoms with Crippen molar-refractivity contribution in [1.29, 1.82) is 0 Å². The third-order valence-corrected chi connectivity index (χ3v) is 1.43. The van der Waals surface area contributed by atoms with Crippen LogP contribution in [0.1, 0.15) is 13.3 Å². The third-order valence-electron chi connectivity index (χ3n) is 1.43. The molecule has 1 rings (SSSR count). The van der Waals surface area contributed by atoms with E-state index in [0.717, 1.165) is 12.3 Å². The van der Waals surface area contributed by atoms with Crippen molar-refractivity contribution in [1.82, 2.24) is 5.01 Å². The van der Waals surface area contributed by atoms with E-state index in [1.165, 1.54) is 0 Å². The van der Waals surface area contributed by atoms with Crippen LogP contribution in [0.5, 0.6) is 0 Å². The average molecular weight is 113 g/mol. The van der Waals surface area contributed by atoms with E-state index in [-0.39, 0.29) is 0 Å². The fourth-order valence-corrected chi connectivity index (χ4v) is 0.777. The van der Waals surface area contributed by atoms with Crippen molar-refractivity contribution in [3.63, 3.8) is 0 Å². The molecule has 0 bridgehead atoms. The van der Waals surface area contributed by atoms with Crippen LogP contribution >= 0.6 is 0 Å². The van der Waals surface area contributed by atoms with Gasteiger partial charge in [-0.25, -0.2) is 0 Å². The van der Waals surface area contributed by atoms with Gasteiger partial charge in [-0.05, 0) is 6.92 Å². The fourth-order valence-electron chi connectivity index (χ4n) is 0.777. The maximum absolute atomic E-state index is 5.42. The number of nitrogens with zero attached hydrogens (tertiary/aromatic N) is 2. The molecule has 1 heterocycles. The van der Waals surface area contributed by atoms with Crippen LogP contribution in [0, 0.1) is 0 Å². The molecule has 0 aromatic carbocycles. The van der Waals surface area contributed by atoms with Crippen molar-refractivity contribution in [2.45, 2.75) is 19.4 Å². The van der Waals surface area contributed by atoms with Crippen LogP contribution in [-0.2, 0) is 0 Å². The van der Waals surface area contributed by atoms with E-state index < -0.39 is 0 Å². The summed E-state index contributed by atoms with van der Waals surface area (Å²) in [4.78, 5) is 0. The number of amidine groups is 1. The molecule has 0 spiro atoms. The predicted octanol–water partition coefficient (Wildman–Crippen LogP) is -0.0174. The highest BCUT2D eigenvalue weighted by Gasteiger charge is 2.15. The SMILES string of the molecule is C[C@H]1CC(N)=NN1C. The predicted molar refractivity (Wildman–Crippen MR) is 33.5 cm³/mol. The molecule has 0 aromatic rings. The lowest BCUT2D eigenvalue weighted by atomic mass is 10.2. The van der Waals surface area contributed by atoms with E-state index in [2.05, 4.69) is 12.0 Å². The van der Waals surface area contributed by atoms with Crippen LogP contribution < -0.4 is 5.73 Å². The summed E-state index contributed by atoms with van der Waals surface area (Å²) in [5.74, 6) is 0.750. The molecule has 2 N–H and O–H groups in total. The summed E-state index contributed by atoms with van der Waals surface area (Å²) in [5, 5.41) is 5.88. The molecule has 3 nitrogen and oxygen atoms in total. The van der Waals surface area contributed by atoms with E-state index in [9.17, 15) is 0 Å². The molecule has 0 radical (unpaired) electrons. The van der Waals surface area contributed by atoms with Crippen LogP contribution in [0.3, 0.4) is 0 Å². The molecule has 8 heavy (non-hydrogen) atoms. The largest absolute Gasteiger partial charge is 0.386 e. The minimum atomic E-state index is 0.495. The van der Waals surface area contributed by atoms with Crippen molar-refractivity contribution < 1.29 is 0 Å². The Morgan fingerprint density at radius 2 is 2.50 bits per heavy atom.